The molecule has 1 aliphatic carbocycles. The van der Waals surface area contributed by atoms with Gasteiger partial charge in [-0.2, -0.15) is 0 Å². The van der Waals surface area contributed by atoms with Gasteiger partial charge >= 0.3 is 259 Å². The normalized spacial score (nSPS) is 15.9. The van der Waals surface area contributed by atoms with Gasteiger partial charge in [-0.05, 0) is 0 Å². The van der Waals surface area contributed by atoms with Crippen molar-refractivity contribution < 1.29 is 57.7 Å². The second-order valence-electron chi connectivity index (χ2n) is 11.9. The SMILES string of the molecule is CCc1cc(CC)cc([Si](c2cc(CC)cc(CC)c2)(c2cc(CC)cc(CC)c2)[C]2([Ti+3])C=CC=C2C(C)C)c1.[Cl-].[Cl-].[Cl-]. The van der Waals surface area contributed by atoms with Crippen LogP contribution in [0.3, 0.4) is 0 Å². The van der Waals surface area contributed by atoms with Crippen molar-refractivity contribution in [3.05, 3.63) is 112 Å². The number of rotatable bonds is 11. The Morgan fingerprint density at radius 2 is 0.814 bits per heavy atom. The molecule has 43 heavy (non-hydrogen) atoms. The van der Waals surface area contributed by atoms with Gasteiger partial charge in [0.2, 0.25) is 0 Å². The first-order valence-corrected chi connectivity index (χ1v) is 18.5. The second kappa shape index (κ2) is 17.0. The van der Waals surface area contributed by atoms with Crippen molar-refractivity contribution in [1.82, 2.24) is 0 Å². The van der Waals surface area contributed by atoms with Crippen LogP contribution < -0.4 is 52.8 Å². The Bertz CT molecular complexity index is 1220. The van der Waals surface area contributed by atoms with E-state index < -0.39 is 8.07 Å². The predicted octanol–water partition coefficient (Wildman–Crippen LogP) is -1.06. The maximum atomic E-state index is 2.61. The third kappa shape index (κ3) is 7.51. The van der Waals surface area contributed by atoms with E-state index in [9.17, 15) is 0 Å². The summed E-state index contributed by atoms with van der Waals surface area (Å²) in [7, 11) is -2.68. The van der Waals surface area contributed by atoms with E-state index in [2.05, 4.69) is 149 Å². The van der Waals surface area contributed by atoms with Crippen molar-refractivity contribution >= 4 is 23.6 Å². The minimum Gasteiger partial charge on any atom is -1.00 e. The number of hydrogen-bond acceptors (Lipinski definition) is 0. The van der Waals surface area contributed by atoms with Gasteiger partial charge in [0.1, 0.15) is 0 Å². The van der Waals surface area contributed by atoms with Crippen molar-refractivity contribution in [2.24, 2.45) is 5.92 Å². The van der Waals surface area contributed by atoms with E-state index in [4.69, 9.17) is 0 Å². The molecule has 4 rings (SSSR count). The molecule has 0 fully saturated rings. The molecule has 0 saturated carbocycles. The predicted molar refractivity (Wildman–Crippen MR) is 175 cm³/mol. The molecule has 3 aromatic rings. The van der Waals surface area contributed by atoms with Crippen molar-refractivity contribution in [3.8, 4) is 0 Å². The first kappa shape index (κ1) is 40.0. The summed E-state index contributed by atoms with van der Waals surface area (Å²) >= 11 is 2.59. The Balaban J connectivity index is 0.00000308. The minimum absolute atomic E-state index is 0. The molecule has 0 heterocycles. The van der Waals surface area contributed by atoms with E-state index in [-0.39, 0.29) is 40.6 Å². The number of hydrogen-bond donors (Lipinski definition) is 0. The van der Waals surface area contributed by atoms with Crippen LogP contribution in [0, 0.1) is 5.92 Å². The molecule has 0 aromatic heterocycles. The molecular weight excluding hydrogens is 639 g/mol. The first-order chi connectivity index (χ1) is 19.2. The number of aryl methyl sites for hydroxylation is 6. The monoisotopic (exact) mass is 686 g/mol. The van der Waals surface area contributed by atoms with Crippen LogP contribution in [-0.4, -0.2) is 8.07 Å². The van der Waals surface area contributed by atoms with E-state index in [0.717, 1.165) is 38.5 Å². The van der Waals surface area contributed by atoms with Gasteiger partial charge in [-0.15, -0.1) is 0 Å². The molecule has 1 unspecified atom stereocenters. The topological polar surface area (TPSA) is 0 Å². The maximum Gasteiger partial charge on any atom is -1.00 e. The quantitative estimate of drug-likeness (QED) is 0.178. The summed E-state index contributed by atoms with van der Waals surface area (Å²) < 4.78 is -0.0761. The van der Waals surface area contributed by atoms with Crippen LogP contribution in [0.1, 0.15) is 88.8 Å². The van der Waals surface area contributed by atoms with Gasteiger partial charge in [0, 0.05) is 0 Å². The van der Waals surface area contributed by atoms with Crippen LogP contribution in [0.5, 0.6) is 0 Å². The van der Waals surface area contributed by atoms with Crippen LogP contribution in [-0.2, 0) is 59.0 Å². The summed E-state index contributed by atoms with van der Waals surface area (Å²) in [6, 6.07) is 23.0. The Labute approximate surface area is 294 Å². The summed E-state index contributed by atoms with van der Waals surface area (Å²) in [4.78, 5) is 0. The zero-order chi connectivity index (χ0) is 29.1. The Hall–Kier alpha value is -1.06. The van der Waals surface area contributed by atoms with Gasteiger partial charge in [0.15, 0.2) is 0 Å². The van der Waals surface area contributed by atoms with E-state index in [0.29, 0.717) is 5.92 Å². The minimum atomic E-state index is -2.68. The van der Waals surface area contributed by atoms with E-state index in [1.54, 1.807) is 21.1 Å². The fraction of sp³-hybridized carbons (Fsp3) is 0.421. The van der Waals surface area contributed by atoms with Gasteiger partial charge in [0.25, 0.3) is 0 Å². The average molecular weight is 688 g/mol. The fourth-order valence-corrected chi connectivity index (χ4v) is 15.5. The molecule has 3 aromatic carbocycles. The first-order valence-electron chi connectivity index (χ1n) is 15.7. The fourth-order valence-electron chi connectivity index (χ4n) is 6.86. The molecule has 0 radical (unpaired) electrons. The molecule has 1 aliphatic rings. The van der Waals surface area contributed by atoms with Crippen LogP contribution in [0.15, 0.2) is 78.4 Å². The van der Waals surface area contributed by atoms with Crippen molar-refractivity contribution in [3.63, 3.8) is 0 Å². The van der Waals surface area contributed by atoms with Crippen molar-refractivity contribution in [2.45, 2.75) is 97.3 Å². The molecule has 0 saturated heterocycles. The number of halogens is 3. The second-order valence-corrected chi connectivity index (χ2v) is 18.0. The van der Waals surface area contributed by atoms with Gasteiger partial charge in [0.05, 0.1) is 0 Å². The molecule has 230 valence electrons. The van der Waals surface area contributed by atoms with Crippen LogP contribution in [0.2, 0.25) is 3.34 Å². The van der Waals surface area contributed by atoms with E-state index in [1.165, 1.54) is 33.4 Å². The number of allylic oxidation sites excluding steroid dienone is 4. The molecule has 0 N–H and O–H groups in total. The zero-order valence-electron chi connectivity index (χ0n) is 27.4. The molecular formula is C38H49Cl3SiTi. The van der Waals surface area contributed by atoms with E-state index in [1.807, 2.05) is 0 Å². The van der Waals surface area contributed by atoms with Gasteiger partial charge in [-0.25, -0.2) is 0 Å². The average Bonchev–Trinajstić information content (AvgIpc) is 3.39. The van der Waals surface area contributed by atoms with E-state index >= 15 is 0 Å². The summed E-state index contributed by atoms with van der Waals surface area (Å²) in [6.45, 7) is 18.7. The Morgan fingerprint density at radius 1 is 0.535 bits per heavy atom. The third-order valence-corrected chi connectivity index (χ3v) is 16.8. The third-order valence-electron chi connectivity index (χ3n) is 9.20. The molecule has 0 spiro atoms. The molecule has 0 aliphatic heterocycles. The Kier molecular flexibility index (Phi) is 15.8. The summed E-state index contributed by atoms with van der Waals surface area (Å²) in [5, 5.41) is 4.74. The van der Waals surface area contributed by atoms with Gasteiger partial charge < -0.3 is 37.2 Å². The number of benzene rings is 3. The maximum absolute atomic E-state index is 2.68. The molecule has 0 bridgehead atoms. The molecule has 1 atom stereocenters. The zero-order valence-corrected chi connectivity index (χ0v) is 32.2. The Morgan fingerprint density at radius 3 is 1.05 bits per heavy atom. The van der Waals surface area contributed by atoms with Crippen molar-refractivity contribution in [1.29, 1.82) is 0 Å². The van der Waals surface area contributed by atoms with Gasteiger partial charge in [-0.3, -0.25) is 0 Å². The summed E-state index contributed by atoms with van der Waals surface area (Å²) in [5.74, 6) is 0.479. The summed E-state index contributed by atoms with van der Waals surface area (Å²) in [6.07, 6.45) is 13.8. The van der Waals surface area contributed by atoms with Crippen LogP contribution in [0.25, 0.3) is 0 Å². The van der Waals surface area contributed by atoms with Crippen molar-refractivity contribution in [2.75, 3.05) is 0 Å². The van der Waals surface area contributed by atoms with Gasteiger partial charge in [-0.1, -0.05) is 0 Å². The standard InChI is InChI=1S/C38H49Si.3ClH.Ti/c1-9-28-18-29(10-2)22-34(21-28)39(38-17-15-16-37(38)27(7)8,35-23-30(11-3)19-31(12-4)24-35)36-25-32(13-5)20-33(14-6)26-36;;;;/h15-27H,9-14H2,1-8H3;3*1H;/q;;;;+3/p-3. The molecule has 0 nitrogen and oxygen atoms in total. The summed E-state index contributed by atoms with van der Waals surface area (Å²) in [5.41, 5.74) is 10.4. The van der Waals surface area contributed by atoms with Crippen LogP contribution in [0.4, 0.5) is 0 Å². The largest absolute Gasteiger partial charge is 1.00 e. The van der Waals surface area contributed by atoms with Crippen LogP contribution >= 0.6 is 0 Å². The molecule has 0 amide bonds. The molecule has 5 heteroatoms. The smallest absolute Gasteiger partial charge is 1.00 e.